The minimum atomic E-state index is -1.17. The van der Waals surface area contributed by atoms with E-state index < -0.39 is 17.4 Å². The second kappa shape index (κ2) is 4.41. The third kappa shape index (κ3) is 2.28. The number of benzene rings is 1. The van der Waals surface area contributed by atoms with Gasteiger partial charge in [0.1, 0.15) is 11.6 Å². The summed E-state index contributed by atoms with van der Waals surface area (Å²) < 4.78 is 24.1. The van der Waals surface area contributed by atoms with Gasteiger partial charge in [0.15, 0.2) is 0 Å². The molecule has 0 bridgehead atoms. The van der Waals surface area contributed by atoms with Gasteiger partial charge in [0, 0.05) is 0 Å². The summed E-state index contributed by atoms with van der Waals surface area (Å²) in [6, 6.07) is 2.99. The summed E-state index contributed by atoms with van der Waals surface area (Å²) in [6.07, 6.45) is 0. The summed E-state index contributed by atoms with van der Waals surface area (Å²) >= 11 is 0. The number of halogens is 2. The Kier molecular flexibility index (Phi) is 4.63. The standard InChI is InChI=1S/C6H4F2O.K/c7-4-2-1-3-5(8)6(4)9;/h1-3,9H;/q;+1/p-1. The van der Waals surface area contributed by atoms with Crippen LogP contribution in [0.5, 0.6) is 5.75 Å². The molecule has 0 atom stereocenters. The summed E-state index contributed by atoms with van der Waals surface area (Å²) in [5.41, 5.74) is 0. The molecule has 0 heterocycles. The van der Waals surface area contributed by atoms with Crippen LogP contribution in [0.3, 0.4) is 0 Å². The van der Waals surface area contributed by atoms with Crippen molar-refractivity contribution in [2.24, 2.45) is 0 Å². The Morgan fingerprint density at radius 1 is 1.10 bits per heavy atom. The van der Waals surface area contributed by atoms with Gasteiger partial charge in [0.05, 0.1) is 0 Å². The van der Waals surface area contributed by atoms with Crippen LogP contribution in [0.25, 0.3) is 0 Å². The SMILES string of the molecule is [K+].[O-]c1c(F)cccc1F. The van der Waals surface area contributed by atoms with E-state index in [-0.39, 0.29) is 51.4 Å². The number of rotatable bonds is 0. The van der Waals surface area contributed by atoms with Crippen molar-refractivity contribution in [2.75, 3.05) is 0 Å². The van der Waals surface area contributed by atoms with E-state index >= 15 is 0 Å². The number of hydrogen-bond donors (Lipinski definition) is 0. The van der Waals surface area contributed by atoms with E-state index in [0.717, 1.165) is 18.2 Å². The summed E-state index contributed by atoms with van der Waals surface area (Å²) in [5, 5.41) is 10.2. The molecule has 1 nitrogen and oxygen atoms in total. The van der Waals surface area contributed by atoms with E-state index in [4.69, 9.17) is 0 Å². The molecule has 0 saturated heterocycles. The van der Waals surface area contributed by atoms with E-state index in [1.807, 2.05) is 0 Å². The zero-order chi connectivity index (χ0) is 6.85. The Labute approximate surface area is 99.5 Å². The smallest absolute Gasteiger partial charge is 0.869 e. The van der Waals surface area contributed by atoms with Crippen LogP contribution in [-0.4, -0.2) is 0 Å². The van der Waals surface area contributed by atoms with Gasteiger partial charge in [-0.2, -0.15) is 0 Å². The minimum absolute atomic E-state index is 0. The summed E-state index contributed by atoms with van der Waals surface area (Å²) in [6.45, 7) is 0. The molecule has 0 radical (unpaired) electrons. The molecule has 0 amide bonds. The zero-order valence-corrected chi connectivity index (χ0v) is 8.52. The molecule has 1 aromatic carbocycles. The van der Waals surface area contributed by atoms with Gasteiger partial charge in [-0.05, 0) is 17.9 Å². The monoisotopic (exact) mass is 168 g/mol. The van der Waals surface area contributed by atoms with Crippen molar-refractivity contribution in [3.8, 4) is 5.75 Å². The van der Waals surface area contributed by atoms with E-state index in [1.54, 1.807) is 0 Å². The molecule has 0 saturated carbocycles. The molecule has 0 aliphatic carbocycles. The average molecular weight is 168 g/mol. The van der Waals surface area contributed by atoms with Crippen LogP contribution in [0.1, 0.15) is 0 Å². The van der Waals surface area contributed by atoms with Crippen molar-refractivity contribution in [1.82, 2.24) is 0 Å². The molecule has 0 spiro atoms. The molecule has 4 heteroatoms. The van der Waals surface area contributed by atoms with Crippen LogP contribution in [0, 0.1) is 11.6 Å². The van der Waals surface area contributed by atoms with Crippen molar-refractivity contribution in [1.29, 1.82) is 0 Å². The molecule has 48 valence electrons. The number of hydrogen-bond acceptors (Lipinski definition) is 1. The molecular formula is C6H3F2KO. The molecule has 1 rings (SSSR count). The zero-order valence-electron chi connectivity index (χ0n) is 5.40. The Bertz CT molecular complexity index is 207. The van der Waals surface area contributed by atoms with Crippen LogP contribution in [-0.2, 0) is 0 Å². The predicted molar refractivity (Wildman–Crippen MR) is 25.8 cm³/mol. The summed E-state index contributed by atoms with van der Waals surface area (Å²) in [7, 11) is 0. The fourth-order valence-electron chi connectivity index (χ4n) is 0.483. The quantitative estimate of drug-likeness (QED) is 0.413. The van der Waals surface area contributed by atoms with Crippen LogP contribution >= 0.6 is 0 Å². The van der Waals surface area contributed by atoms with Crippen LogP contribution in [0.2, 0.25) is 0 Å². The van der Waals surface area contributed by atoms with Gasteiger partial charge >= 0.3 is 51.4 Å². The minimum Gasteiger partial charge on any atom is -0.869 e. The first-order valence-corrected chi connectivity index (χ1v) is 2.33. The molecule has 10 heavy (non-hydrogen) atoms. The maximum Gasteiger partial charge on any atom is 1.00 e. The Morgan fingerprint density at radius 3 is 1.80 bits per heavy atom. The molecule has 0 aromatic heterocycles. The second-order valence-corrected chi connectivity index (χ2v) is 1.55. The Morgan fingerprint density at radius 2 is 1.50 bits per heavy atom. The van der Waals surface area contributed by atoms with Crippen molar-refractivity contribution >= 4 is 0 Å². The fourth-order valence-corrected chi connectivity index (χ4v) is 0.483. The number of para-hydroxylation sites is 1. The van der Waals surface area contributed by atoms with Crippen molar-refractivity contribution < 1.29 is 65.3 Å². The van der Waals surface area contributed by atoms with Gasteiger partial charge in [0.2, 0.25) is 0 Å². The van der Waals surface area contributed by atoms with Gasteiger partial charge < -0.3 is 5.11 Å². The maximum absolute atomic E-state index is 12.0. The van der Waals surface area contributed by atoms with Gasteiger partial charge in [-0.15, -0.1) is 0 Å². The first-order chi connectivity index (χ1) is 4.22. The van der Waals surface area contributed by atoms with Crippen molar-refractivity contribution in [2.45, 2.75) is 0 Å². The molecule has 0 fully saturated rings. The van der Waals surface area contributed by atoms with Gasteiger partial charge in [-0.1, -0.05) is 6.07 Å². The predicted octanol–water partition coefficient (Wildman–Crippen LogP) is -1.96. The van der Waals surface area contributed by atoms with Crippen LogP contribution in [0.4, 0.5) is 8.78 Å². The van der Waals surface area contributed by atoms with Gasteiger partial charge in [0.25, 0.3) is 0 Å². The molecule has 0 unspecified atom stereocenters. The van der Waals surface area contributed by atoms with Crippen LogP contribution in [0.15, 0.2) is 18.2 Å². The summed E-state index contributed by atoms with van der Waals surface area (Å²) in [5.74, 6) is -3.26. The van der Waals surface area contributed by atoms with Gasteiger partial charge in [-0.3, -0.25) is 0 Å². The molecule has 0 N–H and O–H groups in total. The third-order valence-corrected chi connectivity index (χ3v) is 0.919. The summed E-state index contributed by atoms with van der Waals surface area (Å²) in [4.78, 5) is 0. The van der Waals surface area contributed by atoms with Crippen molar-refractivity contribution in [3.05, 3.63) is 29.8 Å². The van der Waals surface area contributed by atoms with Crippen molar-refractivity contribution in [3.63, 3.8) is 0 Å². The maximum atomic E-state index is 12.0. The fraction of sp³-hybridized carbons (Fsp3) is 0. The Hall–Kier alpha value is 0.516. The molecule has 0 aliphatic rings. The molecular weight excluding hydrogens is 165 g/mol. The first-order valence-electron chi connectivity index (χ1n) is 2.33. The Balaban J connectivity index is 0.000000810. The first kappa shape index (κ1) is 10.5. The van der Waals surface area contributed by atoms with Gasteiger partial charge in [-0.25, -0.2) is 8.78 Å². The molecule has 1 aromatic rings. The van der Waals surface area contributed by atoms with E-state index in [0.29, 0.717) is 0 Å². The third-order valence-electron chi connectivity index (χ3n) is 0.919. The van der Waals surface area contributed by atoms with E-state index in [2.05, 4.69) is 0 Å². The molecule has 0 aliphatic heterocycles. The second-order valence-electron chi connectivity index (χ2n) is 1.55. The largest absolute Gasteiger partial charge is 1.00 e. The van der Waals surface area contributed by atoms with E-state index in [1.165, 1.54) is 0 Å². The average Bonchev–Trinajstić information content (AvgIpc) is 1.83. The van der Waals surface area contributed by atoms with Crippen LogP contribution < -0.4 is 56.5 Å². The van der Waals surface area contributed by atoms with E-state index in [9.17, 15) is 13.9 Å². The normalized spacial score (nSPS) is 8.60. The topological polar surface area (TPSA) is 23.1 Å².